The highest BCUT2D eigenvalue weighted by Crippen LogP contribution is 2.34. The molecule has 0 aromatic rings. The second-order valence-electron chi connectivity index (χ2n) is 3.60. The Balaban J connectivity index is 2.81. The fourth-order valence-electron chi connectivity index (χ4n) is 1.83. The number of amides is 1. The van der Waals surface area contributed by atoms with E-state index in [4.69, 9.17) is 5.11 Å². The van der Waals surface area contributed by atoms with Crippen LogP contribution in [0.25, 0.3) is 0 Å². The van der Waals surface area contributed by atoms with Crippen molar-refractivity contribution in [2.45, 2.75) is 12.8 Å². The Morgan fingerprint density at radius 3 is 2.67 bits per heavy atom. The quantitative estimate of drug-likeness (QED) is 0.534. The molecule has 0 saturated carbocycles. The number of likely N-dealkylation sites (tertiary alicyclic amines) is 1. The largest absolute Gasteiger partial charge is 0.469 e. The lowest BCUT2D eigenvalue weighted by Gasteiger charge is -2.23. The molecule has 1 rings (SSSR count). The maximum Gasteiger partial charge on any atom is 0.407 e. The molecule has 0 spiro atoms. The maximum absolute atomic E-state index is 11.5. The molecule has 1 aliphatic rings. The van der Waals surface area contributed by atoms with E-state index in [1.165, 1.54) is 7.11 Å². The Bertz CT molecular complexity index is 290. The van der Waals surface area contributed by atoms with E-state index < -0.39 is 17.5 Å². The van der Waals surface area contributed by atoms with E-state index in [2.05, 4.69) is 4.74 Å². The lowest BCUT2D eigenvalue weighted by atomic mass is 9.84. The third-order valence-corrected chi connectivity index (χ3v) is 2.72. The van der Waals surface area contributed by atoms with E-state index in [1.54, 1.807) is 0 Å². The van der Waals surface area contributed by atoms with Crippen LogP contribution in [0.4, 0.5) is 4.79 Å². The zero-order valence-corrected chi connectivity index (χ0v) is 8.43. The average Bonchev–Trinajstić information content (AvgIpc) is 2.63. The van der Waals surface area contributed by atoms with Crippen LogP contribution in [-0.2, 0) is 14.3 Å². The lowest BCUT2D eigenvalue weighted by Crippen LogP contribution is -2.37. The van der Waals surface area contributed by atoms with Gasteiger partial charge in [-0.1, -0.05) is 0 Å². The summed E-state index contributed by atoms with van der Waals surface area (Å²) < 4.78 is 4.60. The number of carboxylic acid groups (broad SMARTS) is 1. The molecule has 6 nitrogen and oxygen atoms in total. The lowest BCUT2D eigenvalue weighted by molar-refractivity contribution is -0.153. The van der Waals surface area contributed by atoms with Gasteiger partial charge in [-0.05, 0) is 6.42 Å². The Labute approximate surface area is 86.8 Å². The number of carbonyl (C=O) groups is 3. The van der Waals surface area contributed by atoms with Gasteiger partial charge in [0.1, 0.15) is 6.29 Å². The Kier molecular flexibility index (Phi) is 3.28. The van der Waals surface area contributed by atoms with Crippen molar-refractivity contribution in [1.29, 1.82) is 0 Å². The first kappa shape index (κ1) is 11.5. The molecular weight excluding hydrogens is 202 g/mol. The van der Waals surface area contributed by atoms with E-state index in [0.717, 1.165) is 4.90 Å². The van der Waals surface area contributed by atoms with Crippen LogP contribution in [0.3, 0.4) is 0 Å². The molecule has 1 saturated heterocycles. The Hall–Kier alpha value is -1.59. The van der Waals surface area contributed by atoms with Crippen molar-refractivity contribution in [2.24, 2.45) is 5.41 Å². The van der Waals surface area contributed by atoms with Gasteiger partial charge >= 0.3 is 12.1 Å². The molecule has 0 aromatic heterocycles. The molecule has 1 atom stereocenters. The first-order valence-electron chi connectivity index (χ1n) is 4.55. The second kappa shape index (κ2) is 4.29. The molecule has 1 unspecified atom stereocenters. The molecule has 0 aliphatic carbocycles. The summed E-state index contributed by atoms with van der Waals surface area (Å²) in [4.78, 5) is 33.8. The van der Waals surface area contributed by atoms with E-state index in [9.17, 15) is 14.4 Å². The summed E-state index contributed by atoms with van der Waals surface area (Å²) in [6.45, 7) is 0.298. The number of rotatable bonds is 3. The Morgan fingerprint density at radius 1 is 1.60 bits per heavy atom. The summed E-state index contributed by atoms with van der Waals surface area (Å²) in [6.07, 6.45) is -0.108. The van der Waals surface area contributed by atoms with Crippen molar-refractivity contribution in [2.75, 3.05) is 20.2 Å². The average molecular weight is 215 g/mol. The van der Waals surface area contributed by atoms with Crippen molar-refractivity contribution in [3.8, 4) is 0 Å². The topological polar surface area (TPSA) is 83.9 Å². The molecule has 0 radical (unpaired) electrons. The predicted octanol–water partition coefficient (Wildman–Crippen LogP) is 0.118. The number of hydrogen-bond acceptors (Lipinski definition) is 4. The highest BCUT2D eigenvalue weighted by molar-refractivity contribution is 5.81. The first-order chi connectivity index (χ1) is 7.05. The molecule has 6 heteroatoms. The van der Waals surface area contributed by atoms with Crippen LogP contribution in [0.5, 0.6) is 0 Å². The second-order valence-corrected chi connectivity index (χ2v) is 3.60. The van der Waals surface area contributed by atoms with E-state index in [-0.39, 0.29) is 19.5 Å². The normalized spacial score (nSPS) is 25.0. The van der Waals surface area contributed by atoms with Gasteiger partial charge in [0.05, 0.1) is 12.5 Å². The van der Waals surface area contributed by atoms with Crippen molar-refractivity contribution < 1.29 is 24.2 Å². The maximum atomic E-state index is 11.5. The molecule has 84 valence electrons. The summed E-state index contributed by atoms with van der Waals surface area (Å²) in [7, 11) is 1.23. The zero-order chi connectivity index (χ0) is 11.5. The smallest absolute Gasteiger partial charge is 0.407 e. The number of carbonyl (C=O) groups excluding carboxylic acids is 2. The summed E-state index contributed by atoms with van der Waals surface area (Å²) in [5.74, 6) is -0.515. The number of esters is 1. The monoisotopic (exact) mass is 215 g/mol. The summed E-state index contributed by atoms with van der Waals surface area (Å²) in [5, 5.41) is 8.75. The van der Waals surface area contributed by atoms with Crippen molar-refractivity contribution >= 4 is 18.3 Å². The number of aldehydes is 1. The molecule has 1 fully saturated rings. The van der Waals surface area contributed by atoms with Crippen LogP contribution in [0, 0.1) is 5.41 Å². The van der Waals surface area contributed by atoms with Gasteiger partial charge in [0.15, 0.2) is 0 Å². The third-order valence-electron chi connectivity index (χ3n) is 2.72. The minimum absolute atomic E-state index is 0.00343. The molecule has 1 amide bonds. The zero-order valence-electron chi connectivity index (χ0n) is 8.43. The summed E-state index contributed by atoms with van der Waals surface area (Å²) in [6, 6.07) is 0. The van der Waals surface area contributed by atoms with Gasteiger partial charge in [-0.2, -0.15) is 0 Å². The minimum Gasteiger partial charge on any atom is -0.469 e. The molecule has 1 aliphatic heterocycles. The van der Waals surface area contributed by atoms with E-state index >= 15 is 0 Å². The first-order valence-corrected chi connectivity index (χ1v) is 4.55. The van der Waals surface area contributed by atoms with Gasteiger partial charge in [-0.25, -0.2) is 4.79 Å². The SMILES string of the molecule is COC(=O)C1(CC=O)CCN(C(=O)O)C1. The fraction of sp³-hybridized carbons (Fsp3) is 0.667. The van der Waals surface area contributed by atoms with Gasteiger partial charge in [-0.15, -0.1) is 0 Å². The highest BCUT2D eigenvalue weighted by atomic mass is 16.5. The Morgan fingerprint density at radius 2 is 2.27 bits per heavy atom. The molecule has 15 heavy (non-hydrogen) atoms. The number of hydrogen-bond donors (Lipinski definition) is 1. The van der Waals surface area contributed by atoms with Crippen LogP contribution >= 0.6 is 0 Å². The predicted molar refractivity (Wildman–Crippen MR) is 49.3 cm³/mol. The molecule has 1 N–H and O–H groups in total. The van der Waals surface area contributed by atoms with E-state index in [0.29, 0.717) is 12.7 Å². The van der Waals surface area contributed by atoms with Crippen molar-refractivity contribution in [1.82, 2.24) is 4.90 Å². The molecule has 0 bridgehead atoms. The molecular formula is C9H13NO5. The number of methoxy groups -OCH3 is 1. The van der Waals surface area contributed by atoms with Crippen LogP contribution in [0.2, 0.25) is 0 Å². The molecule has 0 aromatic carbocycles. The number of nitrogens with zero attached hydrogens (tertiary/aromatic N) is 1. The summed E-state index contributed by atoms with van der Waals surface area (Å²) in [5.41, 5.74) is -0.977. The summed E-state index contributed by atoms with van der Waals surface area (Å²) >= 11 is 0. The van der Waals surface area contributed by atoms with Crippen LogP contribution < -0.4 is 0 Å². The van der Waals surface area contributed by atoms with Crippen molar-refractivity contribution in [3.05, 3.63) is 0 Å². The van der Waals surface area contributed by atoms with Gasteiger partial charge in [0.25, 0.3) is 0 Å². The van der Waals surface area contributed by atoms with Crippen LogP contribution in [-0.4, -0.2) is 48.6 Å². The highest BCUT2D eigenvalue weighted by Gasteiger charge is 2.46. The van der Waals surface area contributed by atoms with Gasteiger partial charge in [0, 0.05) is 19.5 Å². The standard InChI is InChI=1S/C9H13NO5/c1-15-7(12)9(3-5-11)2-4-10(6-9)8(13)14/h5H,2-4,6H2,1H3,(H,13,14). The van der Waals surface area contributed by atoms with Gasteiger partial charge in [0.2, 0.25) is 0 Å². The van der Waals surface area contributed by atoms with Gasteiger partial charge in [-0.3, -0.25) is 4.79 Å². The number of ether oxygens (including phenoxy) is 1. The third kappa shape index (κ3) is 2.08. The van der Waals surface area contributed by atoms with E-state index in [1.807, 2.05) is 0 Å². The van der Waals surface area contributed by atoms with Gasteiger partial charge < -0.3 is 19.5 Å². The minimum atomic E-state index is -1.08. The van der Waals surface area contributed by atoms with Crippen LogP contribution in [0.1, 0.15) is 12.8 Å². The molecule has 1 heterocycles. The van der Waals surface area contributed by atoms with Crippen molar-refractivity contribution in [3.63, 3.8) is 0 Å². The fourth-order valence-corrected chi connectivity index (χ4v) is 1.83. The van der Waals surface area contributed by atoms with Crippen LogP contribution in [0.15, 0.2) is 0 Å².